The molecule has 0 aromatic heterocycles. The van der Waals surface area contributed by atoms with Crippen molar-refractivity contribution in [1.29, 1.82) is 0 Å². The van der Waals surface area contributed by atoms with Crippen LogP contribution in [0.4, 0.5) is 5.69 Å². The fourth-order valence-electron chi connectivity index (χ4n) is 4.73. The molecule has 2 aliphatic rings. The molecule has 40 heavy (non-hydrogen) atoms. The number of ether oxygens (including phenoxy) is 4. The van der Waals surface area contributed by atoms with Gasteiger partial charge in [0.2, 0.25) is 11.6 Å². The van der Waals surface area contributed by atoms with E-state index in [9.17, 15) is 34.1 Å². The van der Waals surface area contributed by atoms with Gasteiger partial charge >= 0.3 is 17.9 Å². The van der Waals surface area contributed by atoms with Gasteiger partial charge in [0.15, 0.2) is 0 Å². The second-order valence-corrected chi connectivity index (χ2v) is 9.86. The van der Waals surface area contributed by atoms with Crippen LogP contribution in [0.25, 0.3) is 5.70 Å². The van der Waals surface area contributed by atoms with Gasteiger partial charge in [0.1, 0.15) is 4.48 Å². The molecule has 4 rings (SSSR count). The number of likely N-dealkylation sites (tertiary alicyclic amines) is 1. The van der Waals surface area contributed by atoms with Gasteiger partial charge in [-0.15, -0.1) is 0 Å². The summed E-state index contributed by atoms with van der Waals surface area (Å²) < 4.78 is 20.4. The van der Waals surface area contributed by atoms with E-state index in [2.05, 4.69) is 15.9 Å². The smallest absolute Gasteiger partial charge is 0.354 e. The minimum Gasteiger partial charge on any atom is -0.467 e. The lowest BCUT2D eigenvalue weighted by atomic mass is 9.63. The van der Waals surface area contributed by atoms with Crippen LogP contribution in [0, 0.1) is 10.1 Å². The number of non-ortho nitro benzene ring substituents is 1. The van der Waals surface area contributed by atoms with Gasteiger partial charge in [-0.2, -0.15) is 0 Å². The fourth-order valence-corrected chi connectivity index (χ4v) is 5.30. The van der Waals surface area contributed by atoms with Crippen LogP contribution in [0.2, 0.25) is 0 Å². The van der Waals surface area contributed by atoms with E-state index in [1.165, 1.54) is 26.0 Å². The monoisotopic (exact) mass is 616 g/mol. The van der Waals surface area contributed by atoms with Crippen molar-refractivity contribution in [2.45, 2.75) is 30.8 Å². The van der Waals surface area contributed by atoms with Crippen molar-refractivity contribution in [1.82, 2.24) is 4.90 Å². The van der Waals surface area contributed by atoms with Gasteiger partial charge in [-0.05, 0) is 33.6 Å². The van der Waals surface area contributed by atoms with Crippen LogP contribution in [-0.2, 0) is 38.1 Å². The number of carbonyl (C=O) groups excluding carboxylic acids is 5. The predicted octanol–water partition coefficient (Wildman–Crippen LogP) is 2.52. The summed E-state index contributed by atoms with van der Waals surface area (Å²) in [7, 11) is 2.00. The van der Waals surface area contributed by atoms with Crippen molar-refractivity contribution < 1.29 is 47.8 Å². The molecule has 0 saturated carbocycles. The van der Waals surface area contributed by atoms with Crippen molar-refractivity contribution in [2.75, 3.05) is 14.2 Å². The zero-order chi connectivity index (χ0) is 29.6. The van der Waals surface area contributed by atoms with Crippen LogP contribution in [-0.4, -0.2) is 70.6 Å². The molecule has 0 N–H and O–H groups in total. The van der Waals surface area contributed by atoms with Gasteiger partial charge in [-0.3, -0.25) is 24.6 Å². The molecule has 0 radical (unpaired) electrons. The summed E-state index contributed by atoms with van der Waals surface area (Å²) in [5.41, 5.74) is -6.61. The van der Waals surface area contributed by atoms with E-state index in [4.69, 9.17) is 18.9 Å². The lowest BCUT2D eigenvalue weighted by Crippen LogP contribution is -2.89. The number of Topliss-reactive ketones (excluding diaryl/α,β-unsaturated/α-hetero) is 1. The number of amides is 1. The molecule has 2 aromatic rings. The first-order chi connectivity index (χ1) is 18.8. The standard InChI is InChI=1S/C26H21BrN2O11/c1-24(2)39-23(34)26(40-24)21(32)28(18(17(27)20(31)37-3)14-8-6-5-7-9-14)25(26,22(33)38-4)19(30)15-10-12-16(13-11-15)29(35)36/h5-13H,1-4H3/b18-17+/t25-,26-/m0/s1. The third-order valence-corrected chi connectivity index (χ3v) is 7.07. The Kier molecular flexibility index (Phi) is 7.11. The fraction of sp³-hybridized carbons (Fsp3) is 0.269. The Labute approximate surface area is 234 Å². The number of carbonyl (C=O) groups is 5. The van der Waals surface area contributed by atoms with Crippen LogP contribution in [0.15, 0.2) is 59.1 Å². The molecule has 0 bridgehead atoms. The molecule has 14 heteroatoms. The van der Waals surface area contributed by atoms with E-state index in [1.54, 1.807) is 18.2 Å². The molecular weight excluding hydrogens is 596 g/mol. The summed E-state index contributed by atoms with van der Waals surface area (Å²) in [6.45, 7) is 2.60. The Hall–Kier alpha value is -4.43. The van der Waals surface area contributed by atoms with E-state index in [-0.39, 0.29) is 27.0 Å². The van der Waals surface area contributed by atoms with Gasteiger partial charge in [0.05, 0.1) is 24.8 Å². The normalized spacial score (nSPS) is 23.6. The highest BCUT2D eigenvalue weighted by Gasteiger charge is 2.89. The first-order valence-electron chi connectivity index (χ1n) is 11.5. The lowest BCUT2D eigenvalue weighted by molar-refractivity contribution is -0.384. The van der Waals surface area contributed by atoms with E-state index in [0.717, 1.165) is 38.5 Å². The number of esters is 3. The Morgan fingerprint density at radius 1 is 0.950 bits per heavy atom. The first kappa shape index (κ1) is 28.6. The summed E-state index contributed by atoms with van der Waals surface area (Å²) in [6.07, 6.45) is 0. The van der Waals surface area contributed by atoms with E-state index in [1.807, 2.05) is 0 Å². The Balaban J connectivity index is 2.10. The van der Waals surface area contributed by atoms with Crippen LogP contribution >= 0.6 is 15.9 Å². The first-order valence-corrected chi connectivity index (χ1v) is 12.3. The zero-order valence-corrected chi connectivity index (χ0v) is 23.0. The molecule has 1 amide bonds. The van der Waals surface area contributed by atoms with Crippen molar-refractivity contribution in [2.24, 2.45) is 0 Å². The van der Waals surface area contributed by atoms with Crippen molar-refractivity contribution in [3.63, 3.8) is 0 Å². The molecule has 2 saturated heterocycles. The van der Waals surface area contributed by atoms with E-state index < -0.39 is 51.4 Å². The van der Waals surface area contributed by atoms with Crippen LogP contribution in [0.3, 0.4) is 0 Å². The molecule has 2 aliphatic heterocycles. The zero-order valence-electron chi connectivity index (χ0n) is 21.5. The van der Waals surface area contributed by atoms with Crippen LogP contribution < -0.4 is 0 Å². The number of hydrogen-bond donors (Lipinski definition) is 0. The summed E-state index contributed by atoms with van der Waals surface area (Å²) in [5, 5.41) is 11.2. The molecule has 208 valence electrons. The number of rotatable bonds is 7. The minimum atomic E-state index is -2.92. The Morgan fingerprint density at radius 3 is 2.02 bits per heavy atom. The number of hydrogen-bond acceptors (Lipinski definition) is 11. The molecule has 1 spiro atoms. The molecule has 0 unspecified atom stereocenters. The third kappa shape index (κ3) is 3.90. The maximum atomic E-state index is 14.4. The Morgan fingerprint density at radius 2 is 1.55 bits per heavy atom. The molecule has 2 aromatic carbocycles. The SMILES string of the molecule is COC(=O)/C(Br)=C(/c1ccccc1)N1C(=O)[C@@]2(OC(C)(C)OC2=O)[C@@]1(C(=O)OC)C(=O)c1ccc([N+](=O)[O-])cc1. The second kappa shape index (κ2) is 9.95. The molecule has 2 fully saturated rings. The average molecular weight is 617 g/mol. The van der Waals surface area contributed by atoms with Gasteiger partial charge in [0.25, 0.3) is 22.7 Å². The van der Waals surface area contributed by atoms with Crippen molar-refractivity contribution in [3.8, 4) is 0 Å². The number of benzene rings is 2. The van der Waals surface area contributed by atoms with Gasteiger partial charge in [-0.1, -0.05) is 30.3 Å². The maximum Gasteiger partial charge on any atom is 0.354 e. The molecular formula is C26H21BrN2O11. The van der Waals surface area contributed by atoms with Gasteiger partial charge in [0, 0.05) is 31.5 Å². The van der Waals surface area contributed by atoms with Crippen LogP contribution in [0.1, 0.15) is 29.8 Å². The number of cyclic esters (lactones) is 1. The quantitative estimate of drug-likeness (QED) is 0.0654. The van der Waals surface area contributed by atoms with Gasteiger partial charge < -0.3 is 18.9 Å². The topological polar surface area (TPSA) is 169 Å². The highest BCUT2D eigenvalue weighted by molar-refractivity contribution is 9.12. The Bertz CT molecular complexity index is 1490. The third-order valence-electron chi connectivity index (χ3n) is 6.37. The lowest BCUT2D eigenvalue weighted by Gasteiger charge is -2.57. The highest BCUT2D eigenvalue weighted by atomic mass is 79.9. The number of ketones is 1. The van der Waals surface area contributed by atoms with Crippen LogP contribution in [0.5, 0.6) is 0 Å². The molecule has 2 atom stereocenters. The number of β-lactam (4-membered cyclic amide) rings is 1. The maximum absolute atomic E-state index is 14.4. The largest absolute Gasteiger partial charge is 0.467 e. The van der Waals surface area contributed by atoms with Crippen molar-refractivity contribution >= 4 is 56.9 Å². The van der Waals surface area contributed by atoms with Gasteiger partial charge in [-0.25, -0.2) is 14.4 Å². The average Bonchev–Trinajstić information content (AvgIpc) is 3.21. The number of nitrogens with zero attached hydrogens (tertiary/aromatic N) is 2. The molecule has 13 nitrogen and oxygen atoms in total. The summed E-state index contributed by atoms with van der Waals surface area (Å²) >= 11 is 3.11. The molecule has 2 heterocycles. The summed E-state index contributed by atoms with van der Waals surface area (Å²) in [5.74, 6) is -7.89. The summed E-state index contributed by atoms with van der Waals surface area (Å²) in [6, 6.07) is 11.8. The van der Waals surface area contributed by atoms with E-state index in [0.29, 0.717) is 4.90 Å². The number of halogens is 1. The number of nitro benzene ring substituents is 1. The number of methoxy groups -OCH3 is 2. The summed E-state index contributed by atoms with van der Waals surface area (Å²) in [4.78, 5) is 79.5. The van der Waals surface area contributed by atoms with Crippen molar-refractivity contribution in [3.05, 3.63) is 80.3 Å². The number of nitro groups is 1. The predicted molar refractivity (Wildman–Crippen MR) is 137 cm³/mol. The molecule has 0 aliphatic carbocycles. The highest BCUT2D eigenvalue weighted by Crippen LogP contribution is 2.57. The second-order valence-electron chi connectivity index (χ2n) is 9.07. The minimum absolute atomic E-state index is 0.165. The van der Waals surface area contributed by atoms with E-state index >= 15 is 0 Å².